The van der Waals surface area contributed by atoms with E-state index in [0.717, 1.165) is 53.2 Å². The number of methoxy groups -OCH3 is 1. The summed E-state index contributed by atoms with van der Waals surface area (Å²) in [5, 5.41) is 8.92. The summed E-state index contributed by atoms with van der Waals surface area (Å²) in [6, 6.07) is 9.89. The van der Waals surface area contributed by atoms with Crippen LogP contribution >= 0.6 is 0 Å². The monoisotopic (exact) mass is 471 g/mol. The summed E-state index contributed by atoms with van der Waals surface area (Å²) in [6.07, 6.45) is 8.16. The highest BCUT2D eigenvalue weighted by Crippen LogP contribution is 2.40. The largest absolute Gasteiger partial charge is 0.493 e. The van der Waals surface area contributed by atoms with E-state index < -0.39 is 0 Å². The van der Waals surface area contributed by atoms with E-state index in [2.05, 4.69) is 27.0 Å². The van der Waals surface area contributed by atoms with Crippen LogP contribution in [0.2, 0.25) is 0 Å². The van der Waals surface area contributed by atoms with Crippen LogP contribution < -0.4 is 14.8 Å². The number of aromatic nitrogens is 3. The van der Waals surface area contributed by atoms with Gasteiger partial charge in [0.15, 0.2) is 17.1 Å². The number of benzene rings is 2. The first kappa shape index (κ1) is 21.4. The van der Waals surface area contributed by atoms with Gasteiger partial charge >= 0.3 is 0 Å². The molecule has 2 bridgehead atoms. The van der Waals surface area contributed by atoms with Crippen LogP contribution in [0.3, 0.4) is 0 Å². The normalized spacial score (nSPS) is 21.3. The van der Waals surface area contributed by atoms with Crippen molar-refractivity contribution in [2.75, 3.05) is 12.4 Å². The SMILES string of the molecule is C=CC(=O)N1[C@@H]2CC[C@H]1CC(Oc1cc3c(Nc4ccc5oncc5c4)ncnc3cc1OC)C2. The van der Waals surface area contributed by atoms with E-state index in [0.29, 0.717) is 17.3 Å². The fourth-order valence-corrected chi connectivity index (χ4v) is 5.37. The number of nitrogens with one attached hydrogen (secondary N) is 1. The van der Waals surface area contributed by atoms with Gasteiger partial charge in [0.2, 0.25) is 5.91 Å². The first-order valence-corrected chi connectivity index (χ1v) is 11.7. The van der Waals surface area contributed by atoms with E-state index >= 15 is 0 Å². The Balaban J connectivity index is 1.30. The third-order valence-corrected chi connectivity index (χ3v) is 6.95. The third-order valence-electron chi connectivity index (χ3n) is 6.95. The maximum absolute atomic E-state index is 12.3. The van der Waals surface area contributed by atoms with Gasteiger partial charge in [-0.25, -0.2) is 9.97 Å². The zero-order chi connectivity index (χ0) is 23.9. The van der Waals surface area contributed by atoms with Crippen LogP contribution in [-0.2, 0) is 4.79 Å². The lowest BCUT2D eigenvalue weighted by atomic mass is 9.99. The minimum atomic E-state index is -0.00949. The zero-order valence-corrected chi connectivity index (χ0v) is 19.3. The quantitative estimate of drug-likeness (QED) is 0.407. The number of carbonyl (C=O) groups is 1. The molecular weight excluding hydrogens is 446 g/mol. The molecule has 2 aliphatic rings. The fraction of sp³-hybridized carbons (Fsp3) is 0.308. The second kappa shape index (κ2) is 8.57. The molecule has 1 unspecified atom stereocenters. The minimum Gasteiger partial charge on any atom is -0.493 e. The first-order chi connectivity index (χ1) is 17.1. The zero-order valence-electron chi connectivity index (χ0n) is 19.3. The summed E-state index contributed by atoms with van der Waals surface area (Å²) in [7, 11) is 1.62. The molecule has 9 nitrogen and oxygen atoms in total. The Kier molecular flexibility index (Phi) is 5.24. The lowest BCUT2D eigenvalue weighted by Crippen LogP contribution is -2.48. The van der Waals surface area contributed by atoms with Gasteiger partial charge < -0.3 is 24.2 Å². The molecule has 1 amide bonds. The number of hydrogen-bond acceptors (Lipinski definition) is 8. The van der Waals surface area contributed by atoms with Gasteiger partial charge in [-0.2, -0.15) is 0 Å². The number of hydrogen-bond donors (Lipinski definition) is 1. The van der Waals surface area contributed by atoms with Crippen molar-refractivity contribution in [3.63, 3.8) is 0 Å². The molecule has 2 aliphatic heterocycles. The molecule has 2 aromatic heterocycles. The number of rotatable bonds is 6. The van der Waals surface area contributed by atoms with Gasteiger partial charge in [-0.15, -0.1) is 0 Å². The molecule has 3 atom stereocenters. The average Bonchev–Trinajstić information content (AvgIpc) is 3.45. The summed E-state index contributed by atoms with van der Waals surface area (Å²) < 4.78 is 17.3. The van der Waals surface area contributed by atoms with Crippen molar-refractivity contribution in [1.82, 2.24) is 20.0 Å². The highest BCUT2D eigenvalue weighted by Gasteiger charge is 2.43. The van der Waals surface area contributed by atoms with E-state index in [4.69, 9.17) is 14.0 Å². The topological polar surface area (TPSA) is 103 Å². The maximum Gasteiger partial charge on any atom is 0.246 e. The predicted octanol–water partition coefficient (Wildman–Crippen LogP) is 4.61. The molecular formula is C26H25N5O4. The lowest BCUT2D eigenvalue weighted by Gasteiger charge is -2.38. The number of fused-ring (bicyclic) bond motifs is 4. The van der Waals surface area contributed by atoms with Gasteiger partial charge in [0.05, 0.1) is 18.8 Å². The second-order valence-corrected chi connectivity index (χ2v) is 8.99. The fourth-order valence-electron chi connectivity index (χ4n) is 5.37. The van der Waals surface area contributed by atoms with Crippen molar-refractivity contribution in [3.8, 4) is 11.5 Å². The molecule has 4 aromatic rings. The van der Waals surface area contributed by atoms with Crippen LogP contribution in [0.15, 0.2) is 60.0 Å². The number of carbonyl (C=O) groups excluding carboxylic acids is 1. The van der Waals surface area contributed by atoms with Crippen molar-refractivity contribution in [2.45, 2.75) is 43.9 Å². The van der Waals surface area contributed by atoms with E-state index in [1.165, 1.54) is 12.4 Å². The molecule has 35 heavy (non-hydrogen) atoms. The summed E-state index contributed by atoms with van der Waals surface area (Å²) in [5.74, 6) is 1.92. The Labute approximate surface area is 201 Å². The minimum absolute atomic E-state index is 0.00949. The van der Waals surface area contributed by atoms with Crippen LogP contribution in [0.25, 0.3) is 21.9 Å². The lowest BCUT2D eigenvalue weighted by molar-refractivity contribution is -0.131. The number of amides is 1. The molecule has 9 heteroatoms. The molecule has 2 saturated heterocycles. The molecule has 2 aromatic carbocycles. The maximum atomic E-state index is 12.3. The van der Waals surface area contributed by atoms with Crippen molar-refractivity contribution in [2.24, 2.45) is 0 Å². The molecule has 178 valence electrons. The van der Waals surface area contributed by atoms with E-state index in [9.17, 15) is 4.79 Å². The van der Waals surface area contributed by atoms with Gasteiger partial charge in [-0.3, -0.25) is 4.79 Å². The van der Waals surface area contributed by atoms with Crippen molar-refractivity contribution in [3.05, 3.63) is 55.5 Å². The Morgan fingerprint density at radius 3 is 2.77 bits per heavy atom. The Morgan fingerprint density at radius 2 is 2.00 bits per heavy atom. The van der Waals surface area contributed by atoms with E-state index in [1.54, 1.807) is 13.3 Å². The molecule has 4 heterocycles. The average molecular weight is 472 g/mol. The van der Waals surface area contributed by atoms with Crippen molar-refractivity contribution < 1.29 is 18.8 Å². The highest BCUT2D eigenvalue weighted by atomic mass is 16.5. The molecule has 0 saturated carbocycles. The first-order valence-electron chi connectivity index (χ1n) is 11.7. The molecule has 0 aliphatic carbocycles. The van der Waals surface area contributed by atoms with Crippen LogP contribution in [-0.4, -0.2) is 51.2 Å². The number of ether oxygens (including phenoxy) is 2. The number of anilines is 2. The van der Waals surface area contributed by atoms with Crippen LogP contribution in [0.5, 0.6) is 11.5 Å². The molecule has 1 N–H and O–H groups in total. The Bertz CT molecular complexity index is 1420. The summed E-state index contributed by atoms with van der Waals surface area (Å²) in [6.45, 7) is 3.66. The Hall–Kier alpha value is -4.14. The Morgan fingerprint density at radius 1 is 1.17 bits per heavy atom. The molecule has 2 fully saturated rings. The highest BCUT2D eigenvalue weighted by molar-refractivity contribution is 5.94. The number of piperidine rings is 1. The molecule has 0 radical (unpaired) electrons. The third kappa shape index (κ3) is 3.82. The van der Waals surface area contributed by atoms with Crippen LogP contribution in [0, 0.1) is 0 Å². The van der Waals surface area contributed by atoms with Crippen molar-refractivity contribution in [1.29, 1.82) is 0 Å². The van der Waals surface area contributed by atoms with Crippen LogP contribution in [0.4, 0.5) is 11.5 Å². The van der Waals surface area contributed by atoms with E-state index in [-0.39, 0.29) is 24.1 Å². The molecule has 6 rings (SSSR count). The van der Waals surface area contributed by atoms with Crippen LogP contribution in [0.1, 0.15) is 25.7 Å². The predicted molar refractivity (Wildman–Crippen MR) is 131 cm³/mol. The molecule has 0 spiro atoms. The van der Waals surface area contributed by atoms with Gasteiger partial charge in [0, 0.05) is 47.5 Å². The standard InChI is InChI=1S/C26H25N5O4/c1-3-25(32)31-17-5-6-18(31)10-19(9-17)34-24-11-20-21(12-23(24)33-2)27-14-28-26(20)30-16-4-7-22-15(8-16)13-29-35-22/h3-4,7-8,11-14,17-19H,1,5-6,9-10H2,2H3,(H,27,28,30)/t17-,18+,19?. The summed E-state index contributed by atoms with van der Waals surface area (Å²) in [5.41, 5.74) is 2.32. The van der Waals surface area contributed by atoms with E-state index in [1.807, 2.05) is 35.2 Å². The number of nitrogens with zero attached hydrogens (tertiary/aromatic N) is 4. The van der Waals surface area contributed by atoms with Gasteiger partial charge in [0.25, 0.3) is 0 Å². The van der Waals surface area contributed by atoms with Crippen molar-refractivity contribution >= 4 is 39.3 Å². The summed E-state index contributed by atoms with van der Waals surface area (Å²) >= 11 is 0. The van der Waals surface area contributed by atoms with Gasteiger partial charge in [0.1, 0.15) is 18.2 Å². The smallest absolute Gasteiger partial charge is 0.246 e. The summed E-state index contributed by atoms with van der Waals surface area (Å²) in [4.78, 5) is 23.2. The second-order valence-electron chi connectivity index (χ2n) is 8.99. The van der Waals surface area contributed by atoms with Gasteiger partial charge in [-0.05, 0) is 43.2 Å². The van der Waals surface area contributed by atoms with Gasteiger partial charge in [-0.1, -0.05) is 11.7 Å².